The third-order valence-corrected chi connectivity index (χ3v) is 6.01. The summed E-state index contributed by atoms with van der Waals surface area (Å²) in [5.41, 5.74) is 0. The van der Waals surface area contributed by atoms with Gasteiger partial charge in [-0.1, -0.05) is 26.2 Å². The molecule has 7 nitrogen and oxygen atoms in total. The Morgan fingerprint density at radius 2 is 1.71 bits per heavy atom. The molecule has 1 aromatic heterocycles. The summed E-state index contributed by atoms with van der Waals surface area (Å²) in [6.07, 6.45) is 10.1. The van der Waals surface area contributed by atoms with E-state index in [1.165, 1.54) is 71.0 Å². The van der Waals surface area contributed by atoms with E-state index in [-0.39, 0.29) is 24.0 Å². The maximum absolute atomic E-state index is 4.85. The smallest absolute Gasteiger partial charge is 0.192 e. The van der Waals surface area contributed by atoms with Crippen LogP contribution in [0.4, 0.5) is 0 Å². The molecule has 2 N–H and O–H groups in total. The number of rotatable bonds is 7. The molecule has 0 unspecified atom stereocenters. The molecule has 2 fully saturated rings. The Bertz CT molecular complexity index is 602. The maximum Gasteiger partial charge on any atom is 0.192 e. The van der Waals surface area contributed by atoms with Gasteiger partial charge >= 0.3 is 0 Å². The molecule has 0 radical (unpaired) electrons. The molecular weight excluding hydrogens is 465 g/mol. The lowest BCUT2D eigenvalue weighted by atomic mass is 10.0. The van der Waals surface area contributed by atoms with E-state index < -0.39 is 0 Å². The van der Waals surface area contributed by atoms with Crippen LogP contribution in [0.15, 0.2) is 4.99 Å². The van der Waals surface area contributed by atoms with Gasteiger partial charge in [0.2, 0.25) is 0 Å². The molecule has 1 aliphatic carbocycles. The van der Waals surface area contributed by atoms with Crippen molar-refractivity contribution in [1.82, 2.24) is 30.3 Å². The van der Waals surface area contributed by atoms with Crippen LogP contribution in [0.2, 0.25) is 0 Å². The molecule has 2 heterocycles. The Labute approximate surface area is 187 Å². The minimum atomic E-state index is 0. The predicted octanol–water partition coefficient (Wildman–Crippen LogP) is 2.98. The summed E-state index contributed by atoms with van der Waals surface area (Å²) in [7, 11) is 2.00. The molecule has 0 amide bonds. The summed E-state index contributed by atoms with van der Waals surface area (Å²) in [5, 5.41) is 15.8. The van der Waals surface area contributed by atoms with Crippen LogP contribution in [-0.4, -0.2) is 57.3 Å². The van der Waals surface area contributed by atoms with E-state index >= 15 is 0 Å². The normalized spacial score (nSPS) is 19.6. The fourth-order valence-electron chi connectivity index (χ4n) is 4.01. The Kier molecular flexibility index (Phi) is 9.98. The Hall–Kier alpha value is -0.900. The van der Waals surface area contributed by atoms with Gasteiger partial charge in [0.15, 0.2) is 11.8 Å². The van der Waals surface area contributed by atoms with Gasteiger partial charge in [0.05, 0.1) is 0 Å². The van der Waals surface area contributed by atoms with Crippen molar-refractivity contribution >= 4 is 29.9 Å². The first kappa shape index (κ1) is 23.4. The van der Waals surface area contributed by atoms with Gasteiger partial charge in [0.25, 0.3) is 0 Å². The highest BCUT2D eigenvalue weighted by atomic mass is 127. The molecule has 2 aliphatic rings. The molecule has 8 heteroatoms. The van der Waals surface area contributed by atoms with Crippen LogP contribution >= 0.6 is 24.0 Å². The van der Waals surface area contributed by atoms with Gasteiger partial charge in [-0.25, -0.2) is 4.99 Å². The van der Waals surface area contributed by atoms with Gasteiger partial charge in [0, 0.05) is 32.2 Å². The fourth-order valence-corrected chi connectivity index (χ4v) is 4.01. The first-order valence-corrected chi connectivity index (χ1v) is 10.8. The summed E-state index contributed by atoms with van der Waals surface area (Å²) in [5.74, 6) is 2.79. The molecule has 3 rings (SSSR count). The lowest BCUT2D eigenvalue weighted by Crippen LogP contribution is -2.50. The van der Waals surface area contributed by atoms with E-state index in [0.29, 0.717) is 18.6 Å². The van der Waals surface area contributed by atoms with E-state index in [2.05, 4.69) is 32.7 Å². The van der Waals surface area contributed by atoms with Crippen molar-refractivity contribution in [3.63, 3.8) is 0 Å². The molecular formula is C20H38IN7. The summed E-state index contributed by atoms with van der Waals surface area (Å²) >= 11 is 0. The van der Waals surface area contributed by atoms with Crippen LogP contribution in [0.3, 0.4) is 0 Å². The molecule has 1 aliphatic heterocycles. The second-order valence-corrected chi connectivity index (χ2v) is 8.13. The van der Waals surface area contributed by atoms with Crippen LogP contribution in [0, 0.1) is 6.92 Å². The van der Waals surface area contributed by atoms with Gasteiger partial charge in [-0.05, 0) is 45.6 Å². The van der Waals surface area contributed by atoms with Gasteiger partial charge in [-0.3, -0.25) is 0 Å². The third kappa shape index (κ3) is 6.86. The van der Waals surface area contributed by atoms with Crippen LogP contribution in [-0.2, 0) is 13.6 Å². The zero-order valence-electron chi connectivity index (χ0n) is 17.8. The van der Waals surface area contributed by atoms with Crippen LogP contribution < -0.4 is 10.6 Å². The van der Waals surface area contributed by atoms with Crippen molar-refractivity contribution in [2.75, 3.05) is 19.6 Å². The number of piperidine rings is 1. The van der Waals surface area contributed by atoms with E-state index in [4.69, 9.17) is 4.99 Å². The lowest BCUT2D eigenvalue weighted by molar-refractivity contribution is 0.203. The number of aryl methyl sites for hydroxylation is 1. The quantitative estimate of drug-likeness (QED) is 0.340. The van der Waals surface area contributed by atoms with Gasteiger partial charge in [-0.2, -0.15) is 0 Å². The highest BCUT2D eigenvalue weighted by molar-refractivity contribution is 14.0. The number of hydrogen-bond donors (Lipinski definition) is 2. The third-order valence-electron chi connectivity index (χ3n) is 6.01. The predicted molar refractivity (Wildman–Crippen MR) is 125 cm³/mol. The number of unbranched alkanes of at least 4 members (excludes halogenated alkanes) is 1. The second kappa shape index (κ2) is 11.9. The van der Waals surface area contributed by atoms with Crippen LogP contribution in [0.5, 0.6) is 0 Å². The number of nitrogens with zero attached hydrogens (tertiary/aromatic N) is 5. The van der Waals surface area contributed by atoms with Crippen molar-refractivity contribution in [2.45, 2.75) is 83.8 Å². The summed E-state index contributed by atoms with van der Waals surface area (Å²) < 4.78 is 2.02. The number of nitrogens with one attached hydrogen (secondary N) is 2. The Morgan fingerprint density at radius 3 is 2.29 bits per heavy atom. The molecule has 1 aromatic rings. The Balaban J connectivity index is 0.00000280. The van der Waals surface area contributed by atoms with Crippen molar-refractivity contribution in [1.29, 1.82) is 0 Å². The number of aliphatic imine (C=N–C) groups is 1. The number of halogens is 1. The topological polar surface area (TPSA) is 70.4 Å². The van der Waals surface area contributed by atoms with Gasteiger partial charge in [-0.15, -0.1) is 34.2 Å². The molecule has 1 saturated carbocycles. The van der Waals surface area contributed by atoms with E-state index in [1.54, 1.807) is 0 Å². The molecule has 0 atom stereocenters. The van der Waals surface area contributed by atoms with Crippen molar-refractivity contribution in [3.8, 4) is 0 Å². The average molecular weight is 503 g/mol. The highest BCUT2D eigenvalue weighted by Gasteiger charge is 2.22. The largest absolute Gasteiger partial charge is 0.354 e. The summed E-state index contributed by atoms with van der Waals surface area (Å²) in [4.78, 5) is 7.45. The monoisotopic (exact) mass is 503 g/mol. The van der Waals surface area contributed by atoms with Crippen LogP contribution in [0.1, 0.15) is 69.9 Å². The zero-order valence-corrected chi connectivity index (χ0v) is 20.1. The van der Waals surface area contributed by atoms with Gasteiger partial charge in [0.1, 0.15) is 12.4 Å². The molecule has 0 aromatic carbocycles. The number of aromatic nitrogens is 3. The van der Waals surface area contributed by atoms with Crippen molar-refractivity contribution in [3.05, 3.63) is 11.6 Å². The van der Waals surface area contributed by atoms with Gasteiger partial charge < -0.3 is 20.1 Å². The first-order chi connectivity index (χ1) is 13.2. The summed E-state index contributed by atoms with van der Waals surface area (Å²) in [6, 6.07) is 1.07. The van der Waals surface area contributed by atoms with E-state index in [0.717, 1.165) is 17.6 Å². The van der Waals surface area contributed by atoms with E-state index in [1.807, 2.05) is 18.5 Å². The average Bonchev–Trinajstić information content (AvgIpc) is 3.30. The lowest BCUT2D eigenvalue weighted by Gasteiger charge is -2.33. The molecule has 1 saturated heterocycles. The van der Waals surface area contributed by atoms with Crippen molar-refractivity contribution in [2.24, 2.45) is 12.0 Å². The maximum atomic E-state index is 4.85. The minimum absolute atomic E-state index is 0. The number of likely N-dealkylation sites (tertiary alicyclic amines) is 1. The molecule has 0 bridgehead atoms. The molecule has 160 valence electrons. The summed E-state index contributed by atoms with van der Waals surface area (Å²) in [6.45, 7) is 8.44. The van der Waals surface area contributed by atoms with Crippen molar-refractivity contribution < 1.29 is 0 Å². The minimum Gasteiger partial charge on any atom is -0.354 e. The van der Waals surface area contributed by atoms with Crippen LogP contribution in [0.25, 0.3) is 0 Å². The fraction of sp³-hybridized carbons (Fsp3) is 0.850. The number of hydrogen-bond acceptors (Lipinski definition) is 4. The number of guanidine groups is 1. The highest BCUT2D eigenvalue weighted by Crippen LogP contribution is 2.18. The standard InChI is InChI=1S/C20H37N7.HI/c1-4-5-12-27-13-10-18(11-14-27)23-20(22-17-8-6-7-9-17)21-15-19-25-24-16(2)26(19)3;/h17-18H,4-15H2,1-3H3,(H2,21,22,23);1H. The SMILES string of the molecule is CCCCN1CCC(NC(=NCc2nnc(C)n2C)NC2CCCC2)CC1.I. The molecule has 28 heavy (non-hydrogen) atoms. The second-order valence-electron chi connectivity index (χ2n) is 8.13. The van der Waals surface area contributed by atoms with E-state index in [9.17, 15) is 0 Å². The zero-order chi connectivity index (χ0) is 19.1. The Morgan fingerprint density at radius 1 is 1.07 bits per heavy atom. The molecule has 0 spiro atoms. The first-order valence-electron chi connectivity index (χ1n) is 10.8.